The molecule has 4 aromatic carbocycles. The van der Waals surface area contributed by atoms with Crippen molar-refractivity contribution in [1.29, 1.82) is 0 Å². The van der Waals surface area contributed by atoms with Gasteiger partial charge in [-0.25, -0.2) is 0 Å². The van der Waals surface area contributed by atoms with Gasteiger partial charge in [-0.3, -0.25) is 10.1 Å². The maximum Gasteiger partial charge on any atom is 0.214 e. The van der Waals surface area contributed by atoms with E-state index < -0.39 is 37.1 Å². The second-order valence-corrected chi connectivity index (χ2v) is 10.5. The fraction of sp³-hybridized carbons (Fsp3) is 0.314. The van der Waals surface area contributed by atoms with Crippen molar-refractivity contribution in [3.05, 3.63) is 154 Å². The van der Waals surface area contributed by atoms with Crippen molar-refractivity contribution in [3.63, 3.8) is 0 Å². The molecule has 0 spiro atoms. The molecule has 224 valence electrons. The van der Waals surface area contributed by atoms with Gasteiger partial charge in [0.05, 0.1) is 33.0 Å². The van der Waals surface area contributed by atoms with Gasteiger partial charge in [0, 0.05) is 4.92 Å². The van der Waals surface area contributed by atoms with Crippen LogP contribution in [0.15, 0.2) is 121 Å². The smallest absolute Gasteiger partial charge is 0.214 e. The van der Waals surface area contributed by atoms with E-state index in [2.05, 4.69) is 0 Å². The predicted molar refractivity (Wildman–Crippen MR) is 161 cm³/mol. The van der Waals surface area contributed by atoms with E-state index in [-0.39, 0.29) is 31.4 Å². The molecule has 0 radical (unpaired) electrons. The fourth-order valence-electron chi connectivity index (χ4n) is 5.19. The summed E-state index contributed by atoms with van der Waals surface area (Å²) in [5.74, 6) is -0.728. The highest BCUT2D eigenvalue weighted by Crippen LogP contribution is 2.34. The highest BCUT2D eigenvalue weighted by Gasteiger charge is 2.50. The summed E-state index contributed by atoms with van der Waals surface area (Å²) >= 11 is 0. The molecule has 1 fully saturated rings. The Morgan fingerprint density at radius 1 is 0.581 bits per heavy atom. The van der Waals surface area contributed by atoms with Gasteiger partial charge in [0.25, 0.3) is 0 Å². The van der Waals surface area contributed by atoms with Crippen LogP contribution in [0.4, 0.5) is 0 Å². The van der Waals surface area contributed by atoms with Crippen molar-refractivity contribution in [2.75, 3.05) is 13.2 Å². The van der Waals surface area contributed by atoms with Crippen LogP contribution in [0.3, 0.4) is 0 Å². The lowest BCUT2D eigenvalue weighted by atomic mass is 9.90. The Morgan fingerprint density at radius 2 is 1.00 bits per heavy atom. The van der Waals surface area contributed by atoms with E-state index >= 15 is 0 Å². The minimum absolute atomic E-state index is 0.190. The van der Waals surface area contributed by atoms with Gasteiger partial charge in [-0.05, 0) is 22.3 Å². The summed E-state index contributed by atoms with van der Waals surface area (Å²) in [6, 6.07) is 39.1. The molecule has 43 heavy (non-hydrogen) atoms. The molecule has 0 amide bonds. The third kappa shape index (κ3) is 9.28. The molecule has 5 rings (SSSR count). The first-order valence-electron chi connectivity index (χ1n) is 14.5. The molecule has 0 bridgehead atoms. The SMILES string of the molecule is O=[N+]([O-])C[C@H]1C(OCc2ccccc2)O[C@H](COCc2ccccc2)[C@@H](OCc2ccccc2)[C@@H]1OCc1ccccc1. The number of nitro groups is 1. The lowest BCUT2D eigenvalue weighted by Gasteiger charge is -2.45. The standard InChI is InChI=1S/C35H37NO7/c37-36(38)21-31-33(40-23-28-15-7-2-8-16-28)34(41-24-29-17-9-3-10-18-29)32(26-39-22-27-13-5-1-6-14-27)43-35(31)42-25-30-19-11-4-12-20-30/h1-20,31-35H,21-26H2/t31-,32-,33-,34-,35?/m1/s1. The molecule has 0 aliphatic carbocycles. The highest BCUT2D eigenvalue weighted by molar-refractivity contribution is 5.16. The third-order valence-electron chi connectivity index (χ3n) is 7.35. The molecule has 0 aromatic heterocycles. The average Bonchev–Trinajstić information content (AvgIpc) is 3.05. The lowest BCUT2D eigenvalue weighted by molar-refractivity contribution is -0.503. The maximum absolute atomic E-state index is 12.0. The minimum Gasteiger partial charge on any atom is -0.374 e. The molecule has 5 atom stereocenters. The van der Waals surface area contributed by atoms with E-state index in [4.69, 9.17) is 23.7 Å². The average molecular weight is 584 g/mol. The predicted octanol–water partition coefficient (Wildman–Crippen LogP) is 6.21. The van der Waals surface area contributed by atoms with Crippen LogP contribution < -0.4 is 0 Å². The maximum atomic E-state index is 12.0. The number of hydrogen-bond acceptors (Lipinski definition) is 7. The van der Waals surface area contributed by atoms with Crippen molar-refractivity contribution < 1.29 is 28.6 Å². The van der Waals surface area contributed by atoms with E-state index in [1.165, 1.54) is 0 Å². The second kappa shape index (κ2) is 16.1. The highest BCUT2D eigenvalue weighted by atomic mass is 16.7. The molecule has 1 aliphatic heterocycles. The van der Waals surface area contributed by atoms with Gasteiger partial charge in [-0.2, -0.15) is 0 Å². The number of hydrogen-bond donors (Lipinski definition) is 0. The first-order valence-corrected chi connectivity index (χ1v) is 14.5. The van der Waals surface area contributed by atoms with Crippen LogP contribution in [-0.4, -0.2) is 42.7 Å². The van der Waals surface area contributed by atoms with E-state index in [0.29, 0.717) is 6.61 Å². The normalized spacial score (nSPS) is 21.8. The Morgan fingerprint density at radius 3 is 1.47 bits per heavy atom. The zero-order chi connectivity index (χ0) is 29.7. The summed E-state index contributed by atoms with van der Waals surface area (Å²) in [5.41, 5.74) is 3.89. The summed E-state index contributed by atoms with van der Waals surface area (Å²) in [6.07, 6.45) is -2.86. The molecular formula is C35H37NO7. The summed E-state index contributed by atoms with van der Waals surface area (Å²) in [7, 11) is 0. The molecule has 1 unspecified atom stereocenters. The van der Waals surface area contributed by atoms with Crippen LogP contribution in [0.1, 0.15) is 22.3 Å². The minimum atomic E-state index is -0.909. The molecule has 0 saturated carbocycles. The monoisotopic (exact) mass is 583 g/mol. The molecule has 0 N–H and O–H groups in total. The van der Waals surface area contributed by atoms with Gasteiger partial charge in [-0.1, -0.05) is 121 Å². The van der Waals surface area contributed by atoms with Gasteiger partial charge in [0.2, 0.25) is 6.54 Å². The van der Waals surface area contributed by atoms with E-state index in [0.717, 1.165) is 22.3 Å². The first kappa shape index (κ1) is 30.5. The van der Waals surface area contributed by atoms with E-state index in [1.54, 1.807) is 0 Å². The largest absolute Gasteiger partial charge is 0.374 e. The van der Waals surface area contributed by atoms with Crippen LogP contribution in [0, 0.1) is 16.0 Å². The van der Waals surface area contributed by atoms with E-state index in [1.807, 2.05) is 121 Å². The number of nitrogens with zero attached hydrogens (tertiary/aromatic N) is 1. The number of rotatable bonds is 15. The second-order valence-electron chi connectivity index (χ2n) is 10.5. The van der Waals surface area contributed by atoms with Gasteiger partial charge >= 0.3 is 0 Å². The number of ether oxygens (including phenoxy) is 5. The fourth-order valence-corrected chi connectivity index (χ4v) is 5.19. The molecule has 8 nitrogen and oxygen atoms in total. The summed E-state index contributed by atoms with van der Waals surface area (Å²) in [5, 5.41) is 12.0. The molecular weight excluding hydrogens is 546 g/mol. The van der Waals surface area contributed by atoms with Gasteiger partial charge < -0.3 is 23.7 Å². The van der Waals surface area contributed by atoms with Gasteiger partial charge in [0.15, 0.2) is 6.29 Å². The van der Waals surface area contributed by atoms with Gasteiger partial charge in [-0.15, -0.1) is 0 Å². The number of benzene rings is 4. The van der Waals surface area contributed by atoms with Crippen molar-refractivity contribution in [3.8, 4) is 0 Å². The Hall–Kier alpha value is -3.92. The zero-order valence-electron chi connectivity index (χ0n) is 24.0. The van der Waals surface area contributed by atoms with Crippen molar-refractivity contribution in [2.24, 2.45) is 5.92 Å². The van der Waals surface area contributed by atoms with Crippen molar-refractivity contribution in [2.45, 2.75) is 51.0 Å². The van der Waals surface area contributed by atoms with Crippen LogP contribution in [0.5, 0.6) is 0 Å². The summed E-state index contributed by atoms with van der Waals surface area (Å²) in [4.78, 5) is 11.6. The topological polar surface area (TPSA) is 89.3 Å². The summed E-state index contributed by atoms with van der Waals surface area (Å²) in [6.45, 7) is 0.954. The first-order chi connectivity index (χ1) is 21.2. The molecule has 8 heteroatoms. The Labute approximate surface area is 252 Å². The Balaban J connectivity index is 1.41. The molecule has 1 heterocycles. The lowest BCUT2D eigenvalue weighted by Crippen LogP contribution is -2.59. The van der Waals surface area contributed by atoms with E-state index in [9.17, 15) is 10.1 Å². The van der Waals surface area contributed by atoms with Crippen LogP contribution in [0.2, 0.25) is 0 Å². The van der Waals surface area contributed by atoms with Crippen LogP contribution >= 0.6 is 0 Å². The zero-order valence-corrected chi connectivity index (χ0v) is 24.0. The van der Waals surface area contributed by atoms with Crippen molar-refractivity contribution in [1.82, 2.24) is 0 Å². The van der Waals surface area contributed by atoms with Crippen molar-refractivity contribution >= 4 is 0 Å². The molecule has 4 aromatic rings. The quantitative estimate of drug-likeness (QED) is 0.121. The Kier molecular flexibility index (Phi) is 11.4. The summed E-state index contributed by atoms with van der Waals surface area (Å²) < 4.78 is 31.9. The van der Waals surface area contributed by atoms with Crippen LogP contribution in [0.25, 0.3) is 0 Å². The molecule has 1 aliphatic rings. The molecule has 1 saturated heterocycles. The van der Waals surface area contributed by atoms with Crippen LogP contribution in [-0.2, 0) is 50.1 Å². The third-order valence-corrected chi connectivity index (χ3v) is 7.35. The Bertz CT molecular complexity index is 1360. The van der Waals surface area contributed by atoms with Gasteiger partial charge in [0.1, 0.15) is 24.2 Å².